The molecule has 6 heteroatoms. The fraction of sp³-hybridized carbons (Fsp3) is 0. The maximum Gasteiger partial charge on any atom is 1.00 e. The van der Waals surface area contributed by atoms with Gasteiger partial charge in [0.05, 0.1) is 0 Å². The van der Waals surface area contributed by atoms with Crippen LogP contribution in [0.25, 0.3) is 0 Å². The number of carbonyl (C=O) groups is 1. The summed E-state index contributed by atoms with van der Waals surface area (Å²) in [5.74, 6) is 0. The third-order valence-corrected chi connectivity index (χ3v) is 0. The van der Waals surface area contributed by atoms with E-state index in [2.05, 4.69) is 0 Å². The van der Waals surface area contributed by atoms with Crippen molar-refractivity contribution in [1.82, 2.24) is 12.3 Å². The summed E-state index contributed by atoms with van der Waals surface area (Å²) in [5.41, 5.74) is 0. The van der Waals surface area contributed by atoms with Crippen LogP contribution in [0.2, 0.25) is 0 Å². The Kier molecular flexibility index (Phi) is 73.4. The summed E-state index contributed by atoms with van der Waals surface area (Å²) in [5, 5.41) is 16.7. The summed E-state index contributed by atoms with van der Waals surface area (Å²) in [6.45, 7) is 0. The molecule has 0 saturated heterocycles. The number of quaternary nitrogens is 2. The first-order valence-electron chi connectivity index (χ1n) is 0.612. The van der Waals surface area contributed by atoms with Gasteiger partial charge in [0, 0.05) is 0 Å². The minimum absolute atomic E-state index is 0. The van der Waals surface area contributed by atoms with E-state index in [0.29, 0.717) is 0 Å². The molecule has 0 atom stereocenters. The van der Waals surface area contributed by atoms with Crippen molar-refractivity contribution in [3.8, 4) is 0 Å². The van der Waals surface area contributed by atoms with Crippen LogP contribution in [0, 0.1) is 0 Å². The molecule has 5 nitrogen and oxygen atoms in total. The van der Waals surface area contributed by atoms with E-state index in [4.69, 9.17) is 15.0 Å². The van der Waals surface area contributed by atoms with Gasteiger partial charge in [-0.1, -0.05) is 0 Å². The Morgan fingerprint density at radius 3 is 1.14 bits per heavy atom. The van der Waals surface area contributed by atoms with E-state index in [-0.39, 0.29) is 29.4 Å². The van der Waals surface area contributed by atoms with E-state index in [0.717, 1.165) is 0 Å². The number of rotatable bonds is 0. The summed E-state index contributed by atoms with van der Waals surface area (Å²) in [6.07, 6.45) is -2.33. The fourth-order valence-electron chi connectivity index (χ4n) is 0. The molecule has 0 radical (unpaired) electrons. The summed E-state index contributed by atoms with van der Waals surface area (Å²) >= 11 is 0. The number of hydrogen-bond donors (Lipinski definition) is 2. The Hall–Kier alpha value is -0.291. The molecule has 0 aromatic rings. The van der Waals surface area contributed by atoms with Crippen LogP contribution in [0.1, 0.15) is 0 Å². The Morgan fingerprint density at radius 2 is 1.14 bits per heavy atom. The third kappa shape index (κ3) is 931. The predicted molar refractivity (Wildman–Crippen MR) is 17.4 cm³/mol. The molecule has 0 aromatic heterocycles. The molecular formula is CH8CuN2O3+. The van der Waals surface area contributed by atoms with Crippen molar-refractivity contribution >= 4 is 6.16 Å². The zero-order chi connectivity index (χ0) is 3.58. The maximum atomic E-state index is 8.33. The normalized spacial score (nSPS) is 3.43. The van der Waals surface area contributed by atoms with Gasteiger partial charge in [-0.15, -0.1) is 0 Å². The van der Waals surface area contributed by atoms with E-state index in [1.807, 2.05) is 0 Å². The van der Waals surface area contributed by atoms with Crippen LogP contribution in [0.15, 0.2) is 0 Å². The van der Waals surface area contributed by atoms with E-state index < -0.39 is 6.16 Å². The monoisotopic (exact) mass is 159 g/mol. The van der Waals surface area contributed by atoms with Gasteiger partial charge in [-0.3, -0.25) is 0 Å². The Bertz CT molecular complexity index is 35.9. The Morgan fingerprint density at radius 1 is 1.14 bits per heavy atom. The molecule has 0 aliphatic carbocycles. The summed E-state index contributed by atoms with van der Waals surface area (Å²) in [7, 11) is 0. The predicted octanol–water partition coefficient (Wildman–Crippen LogP) is -1.70. The van der Waals surface area contributed by atoms with Crippen LogP contribution in [0.3, 0.4) is 0 Å². The van der Waals surface area contributed by atoms with Gasteiger partial charge in [0.15, 0.2) is 0 Å². The third-order valence-electron chi connectivity index (χ3n) is 0. The van der Waals surface area contributed by atoms with Crippen molar-refractivity contribution in [2.24, 2.45) is 0 Å². The van der Waals surface area contributed by atoms with Crippen molar-refractivity contribution in [2.75, 3.05) is 0 Å². The number of hydrogen-bond acceptors (Lipinski definition) is 3. The van der Waals surface area contributed by atoms with Crippen molar-refractivity contribution in [2.45, 2.75) is 0 Å². The smallest absolute Gasteiger partial charge is 0.652 e. The van der Waals surface area contributed by atoms with Gasteiger partial charge >= 0.3 is 17.1 Å². The van der Waals surface area contributed by atoms with Gasteiger partial charge < -0.3 is 27.3 Å². The zero-order valence-electron chi connectivity index (χ0n) is 4.03. The number of carbonyl (C=O) groups excluding carboxylic acids is 1. The largest absolute Gasteiger partial charge is 1.00 e. The molecule has 50 valence electrons. The first kappa shape index (κ1) is 29.8. The molecule has 0 fully saturated rings. The fourth-order valence-corrected chi connectivity index (χ4v) is 0. The molecular weight excluding hydrogens is 152 g/mol. The molecule has 0 heterocycles. The molecule has 0 aromatic carbocycles. The second-order valence-electron chi connectivity index (χ2n) is 0.250. The standard InChI is InChI=1S/CH2O3.Cu.2H3N/c2-1(3)4;;;/h(H2,2,3,4);;2*1H3/q;+1;;. The van der Waals surface area contributed by atoms with Gasteiger partial charge in [0.25, 0.3) is 0 Å². The molecule has 8 N–H and O–H groups in total. The second-order valence-corrected chi connectivity index (χ2v) is 0.250. The van der Waals surface area contributed by atoms with Crippen molar-refractivity contribution in [3.05, 3.63) is 0 Å². The van der Waals surface area contributed by atoms with Crippen LogP contribution >= 0.6 is 0 Å². The van der Waals surface area contributed by atoms with Crippen LogP contribution in [-0.4, -0.2) is 6.16 Å². The quantitative estimate of drug-likeness (QED) is 0.408. The molecule has 0 aliphatic rings. The van der Waals surface area contributed by atoms with Gasteiger partial charge in [0.2, 0.25) is 0 Å². The summed E-state index contributed by atoms with van der Waals surface area (Å²) in [6, 6.07) is 0. The van der Waals surface area contributed by atoms with E-state index in [1.54, 1.807) is 0 Å². The topological polar surface area (TPSA) is 136 Å². The van der Waals surface area contributed by atoms with Crippen LogP contribution < -0.4 is 22.5 Å². The van der Waals surface area contributed by atoms with Gasteiger partial charge in [-0.2, -0.15) is 0 Å². The van der Waals surface area contributed by atoms with Crippen LogP contribution in [0.5, 0.6) is 0 Å². The number of carboxylic acid groups (broad SMARTS) is 2. The van der Waals surface area contributed by atoms with E-state index in [9.17, 15) is 0 Å². The molecule has 0 spiro atoms. The minimum Gasteiger partial charge on any atom is -0.652 e. The SMILES string of the molecule is O=C([O-])[O-].[Cu+].[NH4+].[NH4+]. The molecule has 0 unspecified atom stereocenters. The van der Waals surface area contributed by atoms with Gasteiger partial charge in [-0.25, -0.2) is 0 Å². The maximum absolute atomic E-state index is 8.33. The average molecular weight is 160 g/mol. The molecule has 7 heavy (non-hydrogen) atoms. The van der Waals surface area contributed by atoms with Gasteiger partial charge in [-0.05, 0) is 6.16 Å². The van der Waals surface area contributed by atoms with E-state index >= 15 is 0 Å². The molecule has 0 aliphatic heterocycles. The van der Waals surface area contributed by atoms with Crippen LogP contribution in [0.4, 0.5) is 4.79 Å². The second kappa shape index (κ2) is 17.2. The zero-order valence-corrected chi connectivity index (χ0v) is 4.97. The first-order valence-corrected chi connectivity index (χ1v) is 0.612. The van der Waals surface area contributed by atoms with Crippen molar-refractivity contribution < 1.29 is 32.1 Å². The Labute approximate surface area is 51.4 Å². The first-order chi connectivity index (χ1) is 1.73. The van der Waals surface area contributed by atoms with E-state index in [1.165, 1.54) is 0 Å². The van der Waals surface area contributed by atoms with Crippen LogP contribution in [-0.2, 0) is 17.1 Å². The molecule has 0 amide bonds. The van der Waals surface area contributed by atoms with Gasteiger partial charge in [0.1, 0.15) is 0 Å². The summed E-state index contributed by atoms with van der Waals surface area (Å²) in [4.78, 5) is 8.33. The van der Waals surface area contributed by atoms with Crippen molar-refractivity contribution in [1.29, 1.82) is 0 Å². The molecule has 0 saturated carbocycles. The minimum atomic E-state index is -2.33. The average Bonchev–Trinajstić information content (AvgIpc) is 0.811. The molecule has 0 rings (SSSR count). The Balaban J connectivity index is -0.0000000150. The van der Waals surface area contributed by atoms with Crippen molar-refractivity contribution in [3.63, 3.8) is 0 Å². The summed E-state index contributed by atoms with van der Waals surface area (Å²) < 4.78 is 0. The molecule has 0 bridgehead atoms.